The highest BCUT2D eigenvalue weighted by atomic mass is 16.2. The number of piperidine rings is 1. The van der Waals surface area contributed by atoms with E-state index in [0.29, 0.717) is 6.54 Å². The van der Waals surface area contributed by atoms with E-state index in [1.807, 2.05) is 9.80 Å². The quantitative estimate of drug-likeness (QED) is 0.783. The molecule has 21 heavy (non-hydrogen) atoms. The second-order valence-electron chi connectivity index (χ2n) is 8.26. The molecule has 3 fully saturated rings. The first-order valence-corrected chi connectivity index (χ1v) is 8.34. The molecule has 3 rings (SSSR count). The standard InChI is InChI=1S/C17H28N2O2/c1-16(2)11-19(17(16,3)4)15(21)13-6-5-9-18(10-13)14(20)12-7-8-12/h12-13H,5-11H2,1-4H3. The van der Waals surface area contributed by atoms with Crippen LogP contribution in [-0.2, 0) is 9.59 Å². The van der Waals surface area contributed by atoms with Crippen LogP contribution in [0.2, 0.25) is 0 Å². The van der Waals surface area contributed by atoms with Crippen molar-refractivity contribution in [2.24, 2.45) is 17.3 Å². The minimum atomic E-state index is -0.0765. The second kappa shape index (κ2) is 4.72. The van der Waals surface area contributed by atoms with Crippen molar-refractivity contribution < 1.29 is 9.59 Å². The molecule has 0 radical (unpaired) electrons. The zero-order valence-electron chi connectivity index (χ0n) is 13.8. The first kappa shape index (κ1) is 14.9. The summed E-state index contributed by atoms with van der Waals surface area (Å²) in [6.45, 7) is 11.1. The zero-order valence-corrected chi connectivity index (χ0v) is 13.8. The Morgan fingerprint density at radius 3 is 2.14 bits per heavy atom. The molecule has 4 nitrogen and oxygen atoms in total. The molecule has 0 aromatic carbocycles. The van der Waals surface area contributed by atoms with Crippen LogP contribution in [-0.4, -0.2) is 46.8 Å². The molecule has 1 atom stereocenters. The van der Waals surface area contributed by atoms with E-state index in [4.69, 9.17) is 0 Å². The fraction of sp³-hybridized carbons (Fsp3) is 0.882. The van der Waals surface area contributed by atoms with Crippen molar-refractivity contribution in [3.05, 3.63) is 0 Å². The van der Waals surface area contributed by atoms with Crippen LogP contribution in [0.1, 0.15) is 53.4 Å². The smallest absolute Gasteiger partial charge is 0.227 e. The minimum Gasteiger partial charge on any atom is -0.342 e. The highest BCUT2D eigenvalue weighted by Gasteiger charge is 2.55. The van der Waals surface area contributed by atoms with Gasteiger partial charge < -0.3 is 9.80 Å². The predicted octanol–water partition coefficient (Wildman–Crippen LogP) is 2.28. The number of carbonyl (C=O) groups is 2. The van der Waals surface area contributed by atoms with Gasteiger partial charge in [0.1, 0.15) is 0 Å². The minimum absolute atomic E-state index is 0.0109. The van der Waals surface area contributed by atoms with Crippen LogP contribution in [0.15, 0.2) is 0 Å². The summed E-state index contributed by atoms with van der Waals surface area (Å²) < 4.78 is 0. The summed E-state index contributed by atoms with van der Waals surface area (Å²) in [6, 6.07) is 0. The van der Waals surface area contributed by atoms with E-state index in [-0.39, 0.29) is 34.6 Å². The molecule has 1 aliphatic carbocycles. The molecular formula is C17H28N2O2. The van der Waals surface area contributed by atoms with Gasteiger partial charge >= 0.3 is 0 Å². The molecule has 2 amide bonds. The normalized spacial score (nSPS) is 30.8. The highest BCUT2D eigenvalue weighted by molar-refractivity contribution is 5.84. The monoisotopic (exact) mass is 292 g/mol. The Kier molecular flexibility index (Phi) is 3.34. The van der Waals surface area contributed by atoms with Gasteiger partial charge in [-0.25, -0.2) is 0 Å². The lowest BCUT2D eigenvalue weighted by Gasteiger charge is -2.62. The third-order valence-electron chi connectivity index (χ3n) is 6.16. The number of carbonyl (C=O) groups excluding carboxylic acids is 2. The maximum atomic E-state index is 12.8. The summed E-state index contributed by atoms with van der Waals surface area (Å²) in [4.78, 5) is 29.0. The van der Waals surface area contributed by atoms with Crippen LogP contribution >= 0.6 is 0 Å². The lowest BCUT2D eigenvalue weighted by atomic mass is 9.65. The molecule has 4 heteroatoms. The highest BCUT2D eigenvalue weighted by Crippen LogP contribution is 2.47. The van der Waals surface area contributed by atoms with Gasteiger partial charge in [-0.3, -0.25) is 9.59 Å². The molecule has 0 aromatic rings. The van der Waals surface area contributed by atoms with E-state index in [1.54, 1.807) is 0 Å². The third kappa shape index (κ3) is 2.36. The van der Waals surface area contributed by atoms with Gasteiger partial charge in [0, 0.05) is 36.5 Å². The van der Waals surface area contributed by atoms with Gasteiger partial charge in [0.25, 0.3) is 0 Å². The van der Waals surface area contributed by atoms with Gasteiger partial charge in [0.2, 0.25) is 11.8 Å². The Bertz CT molecular complexity index is 465. The zero-order chi connectivity index (χ0) is 15.4. The van der Waals surface area contributed by atoms with Gasteiger partial charge in [-0.2, -0.15) is 0 Å². The van der Waals surface area contributed by atoms with E-state index >= 15 is 0 Å². The molecule has 0 spiro atoms. The number of rotatable bonds is 2. The van der Waals surface area contributed by atoms with E-state index < -0.39 is 0 Å². The molecule has 1 unspecified atom stereocenters. The number of likely N-dealkylation sites (tertiary alicyclic amines) is 2. The maximum Gasteiger partial charge on any atom is 0.227 e. The lowest BCUT2D eigenvalue weighted by Crippen LogP contribution is -2.72. The summed E-state index contributed by atoms with van der Waals surface area (Å²) >= 11 is 0. The molecule has 2 heterocycles. The molecule has 118 valence electrons. The van der Waals surface area contributed by atoms with E-state index in [1.165, 1.54) is 0 Å². The van der Waals surface area contributed by atoms with Crippen molar-refractivity contribution in [3.8, 4) is 0 Å². The molecular weight excluding hydrogens is 264 g/mol. The predicted molar refractivity (Wildman–Crippen MR) is 81.6 cm³/mol. The SMILES string of the molecule is CC1(C)CN(C(=O)C2CCCN(C(=O)C3CC3)C2)C1(C)C. The number of amides is 2. The van der Waals surface area contributed by atoms with Crippen LogP contribution in [0.3, 0.4) is 0 Å². The number of nitrogens with zero attached hydrogens (tertiary/aromatic N) is 2. The Labute approximate surface area is 127 Å². The van der Waals surface area contributed by atoms with Crippen LogP contribution < -0.4 is 0 Å². The maximum absolute atomic E-state index is 12.8. The van der Waals surface area contributed by atoms with Crippen molar-refractivity contribution >= 4 is 11.8 Å². The number of hydrogen-bond donors (Lipinski definition) is 0. The van der Waals surface area contributed by atoms with Crippen molar-refractivity contribution in [2.45, 2.75) is 58.9 Å². The Hall–Kier alpha value is -1.06. The molecule has 0 aromatic heterocycles. The van der Waals surface area contributed by atoms with E-state index in [9.17, 15) is 9.59 Å². The summed E-state index contributed by atoms with van der Waals surface area (Å²) in [5.74, 6) is 0.818. The first-order chi connectivity index (χ1) is 9.74. The summed E-state index contributed by atoms with van der Waals surface area (Å²) in [6.07, 6.45) is 3.98. The summed E-state index contributed by atoms with van der Waals surface area (Å²) in [5, 5.41) is 0. The average Bonchev–Trinajstić information content (AvgIpc) is 3.28. The van der Waals surface area contributed by atoms with Crippen LogP contribution in [0.25, 0.3) is 0 Å². The van der Waals surface area contributed by atoms with Gasteiger partial charge in [-0.05, 0) is 39.5 Å². The topological polar surface area (TPSA) is 40.6 Å². The molecule has 0 N–H and O–H groups in total. The van der Waals surface area contributed by atoms with Crippen molar-refractivity contribution in [1.29, 1.82) is 0 Å². The van der Waals surface area contributed by atoms with Gasteiger partial charge in [-0.15, -0.1) is 0 Å². The van der Waals surface area contributed by atoms with Crippen LogP contribution in [0.5, 0.6) is 0 Å². The summed E-state index contributed by atoms with van der Waals surface area (Å²) in [5.41, 5.74) is 0.105. The average molecular weight is 292 g/mol. The Balaban J connectivity index is 1.64. The van der Waals surface area contributed by atoms with Crippen molar-refractivity contribution in [1.82, 2.24) is 9.80 Å². The lowest BCUT2D eigenvalue weighted by molar-refractivity contribution is -0.173. The second-order valence-corrected chi connectivity index (χ2v) is 8.26. The van der Waals surface area contributed by atoms with Gasteiger partial charge in [0.05, 0.1) is 5.92 Å². The van der Waals surface area contributed by atoms with E-state index in [0.717, 1.165) is 38.8 Å². The Morgan fingerprint density at radius 2 is 1.62 bits per heavy atom. The van der Waals surface area contributed by atoms with Crippen LogP contribution in [0.4, 0.5) is 0 Å². The van der Waals surface area contributed by atoms with E-state index in [2.05, 4.69) is 27.7 Å². The van der Waals surface area contributed by atoms with Crippen molar-refractivity contribution in [3.63, 3.8) is 0 Å². The molecule has 2 aliphatic heterocycles. The fourth-order valence-corrected chi connectivity index (χ4v) is 3.60. The third-order valence-corrected chi connectivity index (χ3v) is 6.16. The molecule has 3 aliphatic rings. The molecule has 0 bridgehead atoms. The first-order valence-electron chi connectivity index (χ1n) is 8.34. The number of hydrogen-bond acceptors (Lipinski definition) is 2. The van der Waals surface area contributed by atoms with Gasteiger partial charge in [0.15, 0.2) is 0 Å². The Morgan fingerprint density at radius 1 is 0.952 bits per heavy atom. The fourth-order valence-electron chi connectivity index (χ4n) is 3.60. The summed E-state index contributed by atoms with van der Waals surface area (Å²) in [7, 11) is 0. The largest absolute Gasteiger partial charge is 0.342 e. The molecule has 1 saturated carbocycles. The van der Waals surface area contributed by atoms with Crippen molar-refractivity contribution in [2.75, 3.05) is 19.6 Å². The molecule has 2 saturated heterocycles. The van der Waals surface area contributed by atoms with Crippen LogP contribution in [0, 0.1) is 17.3 Å². The van der Waals surface area contributed by atoms with Gasteiger partial charge in [-0.1, -0.05) is 13.8 Å².